The molecule has 4 heteroatoms. The van der Waals surface area contributed by atoms with E-state index in [1.54, 1.807) is 6.21 Å². The molecule has 3 nitrogen and oxygen atoms in total. The van der Waals surface area contributed by atoms with Crippen LogP contribution >= 0.6 is 11.6 Å². The highest BCUT2D eigenvalue weighted by Gasteiger charge is 2.15. The number of Topliss-reactive ketones (excluding diaryl/α,β-unsaturated/α-hetero) is 1. The van der Waals surface area contributed by atoms with Crippen molar-refractivity contribution in [2.24, 2.45) is 10.2 Å². The highest BCUT2D eigenvalue weighted by molar-refractivity contribution is 6.36. The molecule has 2 aromatic rings. The molecule has 1 aliphatic carbocycles. The molecule has 4 rings (SSSR count). The van der Waals surface area contributed by atoms with Crippen molar-refractivity contribution in [3.8, 4) is 0 Å². The average molecular weight is 269 g/mol. The van der Waals surface area contributed by atoms with Gasteiger partial charge in [0.1, 0.15) is 5.78 Å². The molecule has 0 radical (unpaired) electrons. The van der Waals surface area contributed by atoms with E-state index in [1.807, 2.05) is 12.1 Å². The number of rotatable bonds is 0. The minimum Gasteiger partial charge on any atom is -0.299 e. The number of hydrogen-bond acceptors (Lipinski definition) is 3. The molecule has 0 unspecified atom stereocenters. The second-order valence-electron chi connectivity index (χ2n) is 4.86. The summed E-state index contributed by atoms with van der Waals surface area (Å²) >= 11 is 6.32. The molecule has 0 saturated heterocycles. The second kappa shape index (κ2) is 3.75. The molecule has 0 atom stereocenters. The van der Waals surface area contributed by atoms with E-state index in [1.165, 1.54) is 0 Å². The van der Waals surface area contributed by atoms with Crippen LogP contribution in [0.2, 0.25) is 5.02 Å². The molecule has 0 spiro atoms. The van der Waals surface area contributed by atoms with Gasteiger partial charge in [-0.2, -0.15) is 10.2 Å². The van der Waals surface area contributed by atoms with Crippen LogP contribution in [0.4, 0.5) is 0 Å². The van der Waals surface area contributed by atoms with Gasteiger partial charge < -0.3 is 0 Å². The summed E-state index contributed by atoms with van der Waals surface area (Å²) in [6, 6.07) is 5.95. The topological polar surface area (TPSA) is 41.8 Å². The van der Waals surface area contributed by atoms with E-state index in [0.717, 1.165) is 32.5 Å². The summed E-state index contributed by atoms with van der Waals surface area (Å²) in [7, 11) is 0. The number of benzene rings is 2. The van der Waals surface area contributed by atoms with Crippen LogP contribution in [0.1, 0.15) is 17.5 Å². The molecule has 0 N–H and O–H groups in total. The molecular weight excluding hydrogens is 260 g/mol. The summed E-state index contributed by atoms with van der Waals surface area (Å²) in [6.45, 7) is 0. The maximum Gasteiger partial charge on any atom is 0.141 e. The predicted octanol–water partition coefficient (Wildman–Crippen LogP) is 1.76. The van der Waals surface area contributed by atoms with Gasteiger partial charge in [0.25, 0.3) is 0 Å². The van der Waals surface area contributed by atoms with Crippen LogP contribution in [0, 0.1) is 0 Å². The standard InChI is InChI=1S/C15H9ClN2O/c16-14-6-15-13(7-17-18-15)11-5-9-3-10(19)2-1-8(9)4-12(11)14/h1,4-7H,2-3H2. The minimum absolute atomic E-state index is 0.254. The minimum atomic E-state index is 0.254. The fraction of sp³-hybridized carbons (Fsp3) is 0.133. The molecule has 2 aliphatic rings. The maximum absolute atomic E-state index is 11.6. The van der Waals surface area contributed by atoms with Crippen molar-refractivity contribution in [1.29, 1.82) is 0 Å². The van der Waals surface area contributed by atoms with E-state index >= 15 is 0 Å². The first-order valence-corrected chi connectivity index (χ1v) is 6.48. The zero-order valence-corrected chi connectivity index (χ0v) is 10.7. The molecule has 0 amide bonds. The lowest BCUT2D eigenvalue weighted by atomic mass is 9.93. The Hall–Kier alpha value is -2.00. The molecule has 0 saturated carbocycles. The molecule has 0 fully saturated rings. The van der Waals surface area contributed by atoms with E-state index in [0.29, 0.717) is 17.9 Å². The summed E-state index contributed by atoms with van der Waals surface area (Å²) in [5.41, 5.74) is 2.05. The first kappa shape index (κ1) is 10.9. The van der Waals surface area contributed by atoms with E-state index in [4.69, 9.17) is 11.6 Å². The summed E-state index contributed by atoms with van der Waals surface area (Å²) in [6.07, 6.45) is 4.73. The smallest absolute Gasteiger partial charge is 0.141 e. The fourth-order valence-electron chi connectivity index (χ4n) is 2.71. The lowest BCUT2D eigenvalue weighted by molar-refractivity contribution is -0.117. The number of fused-ring (bicyclic) bond motifs is 4. The third-order valence-electron chi connectivity index (χ3n) is 3.66. The van der Waals surface area contributed by atoms with Crippen molar-refractivity contribution in [3.63, 3.8) is 0 Å². The molecule has 19 heavy (non-hydrogen) atoms. The summed E-state index contributed by atoms with van der Waals surface area (Å²) in [5, 5.41) is 12.6. The van der Waals surface area contributed by atoms with Gasteiger partial charge in [-0.15, -0.1) is 0 Å². The lowest BCUT2D eigenvalue weighted by Crippen LogP contribution is -2.20. The lowest BCUT2D eigenvalue weighted by Gasteiger charge is -2.11. The summed E-state index contributed by atoms with van der Waals surface area (Å²) in [4.78, 5) is 11.6. The van der Waals surface area contributed by atoms with Gasteiger partial charge in [0.05, 0.1) is 16.6 Å². The van der Waals surface area contributed by atoms with Crippen LogP contribution in [-0.4, -0.2) is 12.0 Å². The predicted molar refractivity (Wildman–Crippen MR) is 75.1 cm³/mol. The van der Waals surface area contributed by atoms with Gasteiger partial charge in [-0.25, -0.2) is 0 Å². The quantitative estimate of drug-likeness (QED) is 0.718. The molecular formula is C15H9ClN2O. The van der Waals surface area contributed by atoms with Gasteiger partial charge in [-0.05, 0) is 34.4 Å². The zero-order valence-electron chi connectivity index (χ0n) is 9.98. The number of carbonyl (C=O) groups is 1. The van der Waals surface area contributed by atoms with Crippen LogP contribution in [0.3, 0.4) is 0 Å². The zero-order chi connectivity index (χ0) is 13.0. The van der Waals surface area contributed by atoms with Crippen LogP contribution < -0.4 is 10.6 Å². The molecule has 0 bridgehead atoms. The van der Waals surface area contributed by atoms with Crippen LogP contribution in [0.25, 0.3) is 16.8 Å². The van der Waals surface area contributed by atoms with Gasteiger partial charge in [-0.3, -0.25) is 4.79 Å². The molecule has 92 valence electrons. The SMILES string of the molecule is O=C1CC=c2cc3c(Cl)cc4c(c3cc2C1)C=NN=4. The van der Waals surface area contributed by atoms with E-state index in [2.05, 4.69) is 22.3 Å². The van der Waals surface area contributed by atoms with Crippen molar-refractivity contribution in [2.75, 3.05) is 0 Å². The Morgan fingerprint density at radius 2 is 2.05 bits per heavy atom. The largest absolute Gasteiger partial charge is 0.299 e. The number of ketones is 1. The Balaban J connectivity index is 2.17. The van der Waals surface area contributed by atoms with Gasteiger partial charge in [-0.1, -0.05) is 17.7 Å². The molecule has 1 heterocycles. The Kier molecular flexibility index (Phi) is 2.15. The van der Waals surface area contributed by atoms with Crippen molar-refractivity contribution in [3.05, 3.63) is 44.9 Å². The number of nitrogens with zero attached hydrogens (tertiary/aromatic N) is 2. The molecule has 1 aliphatic heterocycles. The molecule has 2 aromatic carbocycles. The Morgan fingerprint density at radius 3 is 2.95 bits per heavy atom. The van der Waals surface area contributed by atoms with Gasteiger partial charge in [0, 0.05) is 23.8 Å². The summed E-state index contributed by atoms with van der Waals surface area (Å²) < 4.78 is 0. The van der Waals surface area contributed by atoms with Gasteiger partial charge in [0.2, 0.25) is 0 Å². The van der Waals surface area contributed by atoms with Gasteiger partial charge in [0.15, 0.2) is 0 Å². The number of carbonyl (C=O) groups excluding carboxylic acids is 1. The van der Waals surface area contributed by atoms with Crippen molar-refractivity contribution in [1.82, 2.24) is 0 Å². The third-order valence-corrected chi connectivity index (χ3v) is 3.97. The highest BCUT2D eigenvalue weighted by atomic mass is 35.5. The van der Waals surface area contributed by atoms with E-state index in [-0.39, 0.29) is 5.78 Å². The number of halogens is 1. The van der Waals surface area contributed by atoms with E-state index < -0.39 is 0 Å². The monoisotopic (exact) mass is 268 g/mol. The van der Waals surface area contributed by atoms with E-state index in [9.17, 15) is 4.79 Å². The second-order valence-corrected chi connectivity index (χ2v) is 5.26. The van der Waals surface area contributed by atoms with Crippen molar-refractivity contribution >= 4 is 40.4 Å². The van der Waals surface area contributed by atoms with Crippen molar-refractivity contribution in [2.45, 2.75) is 12.8 Å². The Labute approximate surface area is 113 Å². The number of hydrogen-bond donors (Lipinski definition) is 0. The first-order valence-electron chi connectivity index (χ1n) is 6.10. The third kappa shape index (κ3) is 1.55. The molecule has 0 aromatic heterocycles. The van der Waals surface area contributed by atoms with Crippen molar-refractivity contribution < 1.29 is 4.79 Å². The maximum atomic E-state index is 11.6. The van der Waals surface area contributed by atoms with Crippen LogP contribution in [-0.2, 0) is 11.2 Å². The summed E-state index contributed by atoms with van der Waals surface area (Å²) in [5.74, 6) is 0.254. The Morgan fingerprint density at radius 1 is 1.16 bits per heavy atom. The van der Waals surface area contributed by atoms with Crippen LogP contribution in [0.5, 0.6) is 0 Å². The van der Waals surface area contributed by atoms with Crippen LogP contribution in [0.15, 0.2) is 28.4 Å². The average Bonchev–Trinajstić information content (AvgIpc) is 2.85. The first-order chi connectivity index (χ1) is 9.22. The Bertz CT molecular complexity index is 897. The fourth-order valence-corrected chi connectivity index (χ4v) is 2.97. The highest BCUT2D eigenvalue weighted by Crippen LogP contribution is 2.25. The normalized spacial score (nSPS) is 15.9. The van der Waals surface area contributed by atoms with Gasteiger partial charge >= 0.3 is 0 Å².